The Morgan fingerprint density at radius 2 is 1.56 bits per heavy atom. The maximum atomic E-state index is 14.6. The van der Waals surface area contributed by atoms with Gasteiger partial charge in [0.05, 0.1) is 13.0 Å². The molecule has 2 aromatic carbocycles. The van der Waals surface area contributed by atoms with Crippen LogP contribution in [0.25, 0.3) is 0 Å². The van der Waals surface area contributed by atoms with Crippen molar-refractivity contribution in [3.05, 3.63) is 59.7 Å². The lowest BCUT2D eigenvalue weighted by atomic mass is 9.90. The monoisotopic (exact) mass is 599 g/mol. The Balaban J connectivity index is 2.61. The van der Waals surface area contributed by atoms with Gasteiger partial charge in [0.15, 0.2) is 0 Å². The van der Waals surface area contributed by atoms with Crippen LogP contribution in [-0.4, -0.2) is 69.3 Å². The van der Waals surface area contributed by atoms with Crippen molar-refractivity contribution in [3.63, 3.8) is 0 Å². The van der Waals surface area contributed by atoms with Crippen molar-refractivity contribution < 1.29 is 38.9 Å². The normalized spacial score (nSPS) is 12.9. The van der Waals surface area contributed by atoms with Gasteiger partial charge in [0.25, 0.3) is 0 Å². The number of benzene rings is 2. The summed E-state index contributed by atoms with van der Waals surface area (Å²) in [5.41, 5.74) is -0.979. The minimum absolute atomic E-state index is 0.0205. The molecule has 2 aromatic rings. The van der Waals surface area contributed by atoms with Crippen molar-refractivity contribution in [2.45, 2.75) is 91.0 Å². The van der Waals surface area contributed by atoms with Crippen molar-refractivity contribution in [2.24, 2.45) is 0 Å². The number of ether oxygens (including phenoxy) is 2. The topological polar surface area (TPSA) is 154 Å². The molecular formula is C32H45N3O8. The number of phenols is 2. The predicted octanol–water partition coefficient (Wildman–Crippen LogP) is 4.36. The molecule has 0 radical (unpaired) electrons. The first-order valence-corrected chi connectivity index (χ1v) is 14.4. The van der Waals surface area contributed by atoms with E-state index in [-0.39, 0.29) is 43.1 Å². The minimum Gasteiger partial charge on any atom is -0.508 e. The van der Waals surface area contributed by atoms with E-state index >= 15 is 0 Å². The summed E-state index contributed by atoms with van der Waals surface area (Å²) in [4.78, 5) is 54.7. The standard InChI is InChI=1S/C32H45N3O8/c1-8-32(6,7)35(27(23-12-10-11-13-25(23)37)28(39)33-19-18-26(38)42-9-2)29(40)24(34-30(41)43-31(3,4)5)20-21-14-16-22(36)17-15-21/h10-17,24,27,36-37H,8-9,18-20H2,1-7H3,(H,33,39)(H,34,41). The highest BCUT2D eigenvalue weighted by Gasteiger charge is 2.44. The van der Waals surface area contributed by atoms with Crippen LogP contribution in [0.1, 0.15) is 78.5 Å². The molecule has 0 saturated heterocycles. The molecule has 0 fully saturated rings. The van der Waals surface area contributed by atoms with Gasteiger partial charge in [0.2, 0.25) is 11.8 Å². The van der Waals surface area contributed by atoms with Crippen LogP contribution in [0.4, 0.5) is 4.79 Å². The number of carbonyl (C=O) groups excluding carboxylic acids is 4. The maximum Gasteiger partial charge on any atom is 0.408 e. The molecule has 2 atom stereocenters. The fraction of sp³-hybridized carbons (Fsp3) is 0.500. The van der Waals surface area contributed by atoms with E-state index in [1.807, 2.05) is 6.92 Å². The molecule has 4 N–H and O–H groups in total. The molecule has 0 aliphatic heterocycles. The van der Waals surface area contributed by atoms with Crippen molar-refractivity contribution in [1.82, 2.24) is 15.5 Å². The fourth-order valence-corrected chi connectivity index (χ4v) is 4.36. The van der Waals surface area contributed by atoms with E-state index in [0.717, 1.165) is 0 Å². The molecule has 0 spiro atoms. The predicted molar refractivity (Wildman–Crippen MR) is 161 cm³/mol. The summed E-state index contributed by atoms with van der Waals surface area (Å²) in [5.74, 6) is -1.87. The number of rotatable bonds is 13. The number of nitrogens with one attached hydrogen (secondary N) is 2. The Labute approximate surface area is 253 Å². The molecular weight excluding hydrogens is 554 g/mol. The Bertz CT molecular complexity index is 1250. The van der Waals surface area contributed by atoms with Gasteiger partial charge in [-0.05, 0) is 71.7 Å². The highest BCUT2D eigenvalue weighted by Crippen LogP contribution is 2.36. The van der Waals surface area contributed by atoms with Gasteiger partial charge in [-0.15, -0.1) is 0 Å². The van der Waals surface area contributed by atoms with Crippen LogP contribution in [-0.2, 0) is 30.3 Å². The SMILES string of the molecule is CCOC(=O)CCNC(=O)C(c1ccccc1O)N(C(=O)C(Cc1ccc(O)cc1)NC(=O)OC(C)(C)C)C(C)(C)CC. The van der Waals surface area contributed by atoms with Gasteiger partial charge in [-0.2, -0.15) is 0 Å². The lowest BCUT2D eigenvalue weighted by Gasteiger charge is -2.44. The molecule has 3 amide bonds. The summed E-state index contributed by atoms with van der Waals surface area (Å²) in [7, 11) is 0. The Morgan fingerprint density at radius 1 is 0.930 bits per heavy atom. The van der Waals surface area contributed by atoms with Gasteiger partial charge in [-0.25, -0.2) is 4.79 Å². The van der Waals surface area contributed by atoms with E-state index in [0.29, 0.717) is 12.0 Å². The van der Waals surface area contributed by atoms with Crippen LogP contribution < -0.4 is 10.6 Å². The molecule has 2 rings (SSSR count). The average Bonchev–Trinajstić information content (AvgIpc) is 2.91. The van der Waals surface area contributed by atoms with Crippen molar-refractivity contribution in [2.75, 3.05) is 13.2 Å². The first-order valence-electron chi connectivity index (χ1n) is 14.4. The minimum atomic E-state index is -1.33. The van der Waals surface area contributed by atoms with Gasteiger partial charge >= 0.3 is 12.1 Å². The van der Waals surface area contributed by atoms with E-state index < -0.39 is 47.1 Å². The highest BCUT2D eigenvalue weighted by atomic mass is 16.6. The number of carbonyl (C=O) groups is 4. The smallest absolute Gasteiger partial charge is 0.408 e. The average molecular weight is 600 g/mol. The van der Waals surface area contributed by atoms with E-state index in [1.165, 1.54) is 23.1 Å². The summed E-state index contributed by atoms with van der Waals surface area (Å²) in [5, 5.41) is 26.0. The number of phenolic OH excluding ortho intramolecular Hbond substituents is 2. The number of esters is 1. The van der Waals surface area contributed by atoms with Crippen molar-refractivity contribution in [3.8, 4) is 11.5 Å². The molecule has 0 aromatic heterocycles. The van der Waals surface area contributed by atoms with Crippen LogP contribution in [0.5, 0.6) is 11.5 Å². The fourth-order valence-electron chi connectivity index (χ4n) is 4.36. The van der Waals surface area contributed by atoms with Crippen LogP contribution in [0.15, 0.2) is 48.5 Å². The lowest BCUT2D eigenvalue weighted by molar-refractivity contribution is -0.149. The van der Waals surface area contributed by atoms with Gasteiger partial charge in [0, 0.05) is 24.1 Å². The van der Waals surface area contributed by atoms with E-state index in [2.05, 4.69) is 10.6 Å². The lowest BCUT2D eigenvalue weighted by Crippen LogP contribution is -2.60. The molecule has 43 heavy (non-hydrogen) atoms. The summed E-state index contributed by atoms with van der Waals surface area (Å²) in [6, 6.07) is 9.90. The van der Waals surface area contributed by atoms with Crippen molar-refractivity contribution in [1.29, 1.82) is 0 Å². The van der Waals surface area contributed by atoms with Crippen LogP contribution in [0.3, 0.4) is 0 Å². The summed E-state index contributed by atoms with van der Waals surface area (Å²) >= 11 is 0. The van der Waals surface area contributed by atoms with Gasteiger partial charge in [-0.1, -0.05) is 37.3 Å². The van der Waals surface area contributed by atoms with E-state index in [4.69, 9.17) is 9.47 Å². The number of hydrogen-bond donors (Lipinski definition) is 4. The van der Waals surface area contributed by atoms with E-state index in [1.54, 1.807) is 71.9 Å². The molecule has 0 saturated carbocycles. The molecule has 0 aliphatic rings. The van der Waals surface area contributed by atoms with Crippen LogP contribution in [0.2, 0.25) is 0 Å². The first-order chi connectivity index (χ1) is 20.1. The van der Waals surface area contributed by atoms with Crippen LogP contribution >= 0.6 is 0 Å². The second-order valence-electron chi connectivity index (χ2n) is 11.8. The molecule has 11 heteroatoms. The number of amides is 3. The van der Waals surface area contributed by atoms with Gasteiger partial charge in [0.1, 0.15) is 29.2 Å². The maximum absolute atomic E-state index is 14.6. The van der Waals surface area contributed by atoms with Crippen LogP contribution in [0, 0.1) is 0 Å². The second-order valence-corrected chi connectivity index (χ2v) is 11.8. The third-order valence-corrected chi connectivity index (χ3v) is 6.79. The highest BCUT2D eigenvalue weighted by molar-refractivity contribution is 5.93. The molecule has 0 heterocycles. The number of hydrogen-bond acceptors (Lipinski definition) is 8. The third-order valence-electron chi connectivity index (χ3n) is 6.79. The number of para-hydroxylation sites is 1. The molecule has 236 valence electrons. The van der Waals surface area contributed by atoms with Gasteiger partial charge in [-0.3, -0.25) is 14.4 Å². The Morgan fingerprint density at radius 3 is 2.12 bits per heavy atom. The number of alkyl carbamates (subject to hydrolysis) is 1. The Kier molecular flexibility index (Phi) is 12.4. The quantitative estimate of drug-likeness (QED) is 0.248. The zero-order valence-corrected chi connectivity index (χ0v) is 26.1. The number of nitrogens with zero attached hydrogens (tertiary/aromatic N) is 1. The molecule has 2 unspecified atom stereocenters. The summed E-state index contributed by atoms with van der Waals surface area (Å²) < 4.78 is 10.4. The zero-order chi connectivity index (χ0) is 32.4. The molecule has 0 aliphatic carbocycles. The third kappa shape index (κ3) is 10.5. The first kappa shape index (κ1) is 34.9. The largest absolute Gasteiger partial charge is 0.508 e. The summed E-state index contributed by atoms with van der Waals surface area (Å²) in [6.07, 6.45) is -0.469. The van der Waals surface area contributed by atoms with Crippen molar-refractivity contribution >= 4 is 23.9 Å². The second kappa shape index (κ2) is 15.3. The summed E-state index contributed by atoms with van der Waals surface area (Å²) in [6.45, 7) is 12.4. The number of aromatic hydroxyl groups is 2. The molecule has 11 nitrogen and oxygen atoms in total. The van der Waals surface area contributed by atoms with E-state index in [9.17, 15) is 29.4 Å². The van der Waals surface area contributed by atoms with Gasteiger partial charge < -0.3 is 35.2 Å². The Hall–Kier alpha value is -4.28. The zero-order valence-electron chi connectivity index (χ0n) is 26.1. The molecule has 0 bridgehead atoms.